The fourth-order valence-electron chi connectivity index (χ4n) is 2.59. The van der Waals surface area contributed by atoms with Crippen LogP contribution in [-0.4, -0.2) is 30.2 Å². The Labute approximate surface area is 123 Å². The molecule has 0 radical (unpaired) electrons. The second-order valence-corrected chi connectivity index (χ2v) is 6.87. The minimum atomic E-state index is -3.92. The average Bonchev–Trinajstić information content (AvgIpc) is 2.46. The molecular formula is C12H18N4O4S. The molecule has 9 heteroatoms. The van der Waals surface area contributed by atoms with Gasteiger partial charge in [-0.25, -0.2) is 8.42 Å². The zero-order chi connectivity index (χ0) is 15.6. The molecule has 0 bridgehead atoms. The van der Waals surface area contributed by atoms with Crippen molar-refractivity contribution < 1.29 is 13.3 Å². The number of rotatable bonds is 4. The number of nitrogens with zero attached hydrogens (tertiary/aromatic N) is 2. The summed E-state index contributed by atoms with van der Waals surface area (Å²) < 4.78 is 26.8. The SMILES string of the molecule is CC1CCCCN1S(=O)(=O)c1cccc(NN)c1[N+](=O)[O-]. The molecule has 1 heterocycles. The molecule has 8 nitrogen and oxygen atoms in total. The quantitative estimate of drug-likeness (QED) is 0.493. The molecule has 1 aliphatic rings. The summed E-state index contributed by atoms with van der Waals surface area (Å²) in [6.45, 7) is 2.19. The van der Waals surface area contributed by atoms with Crippen LogP contribution in [0.1, 0.15) is 26.2 Å². The fourth-order valence-corrected chi connectivity index (χ4v) is 4.47. The van der Waals surface area contributed by atoms with Crippen molar-refractivity contribution in [2.45, 2.75) is 37.1 Å². The van der Waals surface area contributed by atoms with E-state index < -0.39 is 20.6 Å². The Bertz CT molecular complexity index is 647. The molecule has 21 heavy (non-hydrogen) atoms. The third-order valence-corrected chi connectivity index (χ3v) is 5.71. The van der Waals surface area contributed by atoms with Crippen LogP contribution in [0.2, 0.25) is 0 Å². The van der Waals surface area contributed by atoms with E-state index in [0.29, 0.717) is 6.54 Å². The molecular weight excluding hydrogens is 296 g/mol. The van der Waals surface area contributed by atoms with E-state index in [1.165, 1.54) is 22.5 Å². The van der Waals surface area contributed by atoms with Gasteiger partial charge in [0, 0.05) is 12.6 Å². The standard InChI is InChI=1S/C12H18N4O4S/c1-9-5-2-3-8-15(9)21(19,20)11-7-4-6-10(14-13)12(11)16(17)18/h4,6-7,9,14H,2-3,5,8,13H2,1H3. The summed E-state index contributed by atoms with van der Waals surface area (Å²) in [5.41, 5.74) is 1.64. The first kappa shape index (κ1) is 15.7. The number of benzene rings is 1. The molecule has 1 unspecified atom stereocenters. The van der Waals surface area contributed by atoms with Gasteiger partial charge in [-0.15, -0.1) is 0 Å². The Hall–Kier alpha value is -1.71. The van der Waals surface area contributed by atoms with Crippen molar-refractivity contribution in [3.05, 3.63) is 28.3 Å². The van der Waals surface area contributed by atoms with Crippen molar-refractivity contribution >= 4 is 21.4 Å². The molecule has 1 aromatic rings. The Morgan fingerprint density at radius 3 is 2.71 bits per heavy atom. The lowest BCUT2D eigenvalue weighted by Crippen LogP contribution is -2.42. The van der Waals surface area contributed by atoms with E-state index in [-0.39, 0.29) is 16.6 Å². The Balaban J connectivity index is 2.57. The minimum Gasteiger partial charge on any atom is -0.318 e. The molecule has 2 rings (SSSR count). The lowest BCUT2D eigenvalue weighted by Gasteiger charge is -2.32. The van der Waals surface area contributed by atoms with Crippen molar-refractivity contribution in [3.63, 3.8) is 0 Å². The van der Waals surface area contributed by atoms with Gasteiger partial charge in [0.05, 0.1) is 4.92 Å². The summed E-state index contributed by atoms with van der Waals surface area (Å²) in [5.74, 6) is 5.24. The van der Waals surface area contributed by atoms with Gasteiger partial charge < -0.3 is 5.43 Å². The number of nitrogens with two attached hydrogens (primary N) is 1. The minimum absolute atomic E-state index is 0.0225. The van der Waals surface area contributed by atoms with Gasteiger partial charge in [0.1, 0.15) is 5.69 Å². The van der Waals surface area contributed by atoms with Gasteiger partial charge in [-0.1, -0.05) is 12.5 Å². The Kier molecular flexibility index (Phi) is 4.45. The smallest absolute Gasteiger partial charge is 0.313 e. The molecule has 0 aliphatic carbocycles. The van der Waals surface area contributed by atoms with E-state index in [1.54, 1.807) is 0 Å². The van der Waals surface area contributed by atoms with Crippen LogP contribution >= 0.6 is 0 Å². The van der Waals surface area contributed by atoms with Crippen molar-refractivity contribution in [1.82, 2.24) is 4.31 Å². The first-order valence-corrected chi connectivity index (χ1v) is 8.09. The lowest BCUT2D eigenvalue weighted by molar-refractivity contribution is -0.386. The van der Waals surface area contributed by atoms with Crippen molar-refractivity contribution in [2.24, 2.45) is 5.84 Å². The van der Waals surface area contributed by atoms with Gasteiger partial charge in [-0.3, -0.25) is 16.0 Å². The number of nitro benzene ring substituents is 1. The second kappa shape index (κ2) is 5.96. The summed E-state index contributed by atoms with van der Waals surface area (Å²) in [7, 11) is -3.92. The van der Waals surface area contributed by atoms with E-state index in [0.717, 1.165) is 19.3 Å². The number of para-hydroxylation sites is 1. The van der Waals surface area contributed by atoms with Crippen LogP contribution in [-0.2, 0) is 10.0 Å². The van der Waals surface area contributed by atoms with Crippen LogP contribution < -0.4 is 11.3 Å². The van der Waals surface area contributed by atoms with Crippen LogP contribution in [0, 0.1) is 10.1 Å². The van der Waals surface area contributed by atoms with Gasteiger partial charge in [0.25, 0.3) is 0 Å². The highest BCUT2D eigenvalue weighted by molar-refractivity contribution is 7.89. The first-order chi connectivity index (χ1) is 9.89. The summed E-state index contributed by atoms with van der Waals surface area (Å²) in [6, 6.07) is 3.88. The normalized spacial score (nSPS) is 20.2. The van der Waals surface area contributed by atoms with Gasteiger partial charge in [0.15, 0.2) is 4.90 Å². The van der Waals surface area contributed by atoms with Gasteiger partial charge in [0.2, 0.25) is 10.0 Å². The maximum absolute atomic E-state index is 12.7. The second-order valence-electron chi connectivity index (χ2n) is 5.01. The van der Waals surface area contributed by atoms with E-state index in [2.05, 4.69) is 5.43 Å². The molecule has 3 N–H and O–H groups in total. The fraction of sp³-hybridized carbons (Fsp3) is 0.500. The topological polar surface area (TPSA) is 119 Å². The van der Waals surface area contributed by atoms with E-state index in [1.807, 2.05) is 6.92 Å². The summed E-state index contributed by atoms with van der Waals surface area (Å²) in [5, 5.41) is 11.2. The molecule has 1 fully saturated rings. The largest absolute Gasteiger partial charge is 0.318 e. The average molecular weight is 314 g/mol. The molecule has 0 saturated carbocycles. The number of nitro groups is 1. The predicted octanol–water partition coefficient (Wildman–Crippen LogP) is 1.44. The molecule has 1 aliphatic heterocycles. The maximum Gasteiger partial charge on any atom is 0.313 e. The predicted molar refractivity (Wildman–Crippen MR) is 78.1 cm³/mol. The van der Waals surface area contributed by atoms with E-state index >= 15 is 0 Å². The molecule has 116 valence electrons. The molecule has 1 aromatic carbocycles. The highest BCUT2D eigenvalue weighted by atomic mass is 32.2. The Morgan fingerprint density at radius 1 is 1.43 bits per heavy atom. The van der Waals surface area contributed by atoms with Crippen LogP contribution in [0.25, 0.3) is 0 Å². The number of nitrogen functional groups attached to an aromatic ring is 1. The molecule has 1 atom stereocenters. The summed E-state index contributed by atoms with van der Waals surface area (Å²) in [4.78, 5) is 10.2. The highest BCUT2D eigenvalue weighted by Crippen LogP contribution is 2.35. The van der Waals surface area contributed by atoms with Crippen LogP contribution in [0.3, 0.4) is 0 Å². The number of hydrogen-bond acceptors (Lipinski definition) is 6. The lowest BCUT2D eigenvalue weighted by atomic mass is 10.1. The third-order valence-electron chi connectivity index (χ3n) is 3.67. The summed E-state index contributed by atoms with van der Waals surface area (Å²) in [6.07, 6.45) is 2.47. The van der Waals surface area contributed by atoms with Crippen molar-refractivity contribution in [2.75, 3.05) is 12.0 Å². The van der Waals surface area contributed by atoms with Crippen LogP contribution in [0.15, 0.2) is 23.1 Å². The first-order valence-electron chi connectivity index (χ1n) is 6.65. The van der Waals surface area contributed by atoms with Gasteiger partial charge in [-0.2, -0.15) is 4.31 Å². The highest BCUT2D eigenvalue weighted by Gasteiger charge is 2.36. The molecule has 1 saturated heterocycles. The van der Waals surface area contributed by atoms with Crippen molar-refractivity contribution in [3.8, 4) is 0 Å². The van der Waals surface area contributed by atoms with Crippen molar-refractivity contribution in [1.29, 1.82) is 0 Å². The number of hydrazine groups is 1. The monoisotopic (exact) mass is 314 g/mol. The zero-order valence-corrected chi connectivity index (χ0v) is 12.5. The van der Waals surface area contributed by atoms with Gasteiger partial charge >= 0.3 is 5.69 Å². The Morgan fingerprint density at radius 2 is 2.14 bits per heavy atom. The molecule has 0 amide bonds. The van der Waals surface area contributed by atoms with Gasteiger partial charge in [-0.05, 0) is 31.9 Å². The number of anilines is 1. The zero-order valence-electron chi connectivity index (χ0n) is 11.7. The maximum atomic E-state index is 12.7. The summed E-state index contributed by atoms with van der Waals surface area (Å²) >= 11 is 0. The number of nitrogens with one attached hydrogen (secondary N) is 1. The third kappa shape index (κ3) is 2.85. The van der Waals surface area contributed by atoms with E-state index in [4.69, 9.17) is 5.84 Å². The number of sulfonamides is 1. The van der Waals surface area contributed by atoms with E-state index in [9.17, 15) is 18.5 Å². The van der Waals surface area contributed by atoms with Crippen LogP contribution in [0.4, 0.5) is 11.4 Å². The number of hydrogen-bond donors (Lipinski definition) is 2. The number of piperidine rings is 1. The molecule has 0 spiro atoms. The molecule has 0 aromatic heterocycles. The van der Waals surface area contributed by atoms with Crippen LogP contribution in [0.5, 0.6) is 0 Å².